The molecule has 6 nitrogen and oxygen atoms in total. The Morgan fingerprint density at radius 2 is 1.34 bits per heavy atom. The summed E-state index contributed by atoms with van der Waals surface area (Å²) in [6, 6.07) is 0. The second kappa shape index (κ2) is 16.3. The summed E-state index contributed by atoms with van der Waals surface area (Å²) >= 11 is 1.48. The Bertz CT molecular complexity index is 677. The highest BCUT2D eigenvalue weighted by molar-refractivity contribution is 7.15. The van der Waals surface area contributed by atoms with E-state index in [1.807, 2.05) is 7.05 Å². The molecule has 1 aliphatic rings. The van der Waals surface area contributed by atoms with Gasteiger partial charge in [0.2, 0.25) is 0 Å². The van der Waals surface area contributed by atoms with Crippen LogP contribution in [0.3, 0.4) is 0 Å². The lowest BCUT2D eigenvalue weighted by molar-refractivity contribution is 0.286. The third kappa shape index (κ3) is 11.1. The molecule has 1 aliphatic heterocycles. The molecule has 1 aromatic heterocycles. The number of hydroxylamine groups is 2. The van der Waals surface area contributed by atoms with Crippen LogP contribution in [0.4, 0.5) is 5.13 Å². The van der Waals surface area contributed by atoms with Gasteiger partial charge < -0.3 is 5.21 Å². The van der Waals surface area contributed by atoms with Crippen LogP contribution in [0.25, 0.3) is 0 Å². The first-order chi connectivity index (χ1) is 16.8. The standard InChI is InChI=1S/C28H55N5OS/c1-6-7-8-9-10-11-12-13-14-15-16-17-18-19-20-21-22-29-25-23-32(5)24-33(25,34)27-31-30-26(35-27)28(2,3)4/h25,29H,6-24H2,1-5H3. The molecule has 0 aromatic carbocycles. The molecule has 0 saturated carbocycles. The van der Waals surface area contributed by atoms with E-state index in [1.165, 1.54) is 108 Å². The smallest absolute Gasteiger partial charge is 0.309 e. The maximum atomic E-state index is 13.7. The van der Waals surface area contributed by atoms with Crippen molar-refractivity contribution in [1.82, 2.24) is 25.1 Å². The van der Waals surface area contributed by atoms with Gasteiger partial charge in [-0.05, 0) is 24.8 Å². The van der Waals surface area contributed by atoms with Crippen molar-refractivity contribution in [2.75, 3.05) is 26.8 Å². The van der Waals surface area contributed by atoms with E-state index in [9.17, 15) is 5.21 Å². The van der Waals surface area contributed by atoms with Gasteiger partial charge in [-0.2, -0.15) is 0 Å². The molecule has 2 unspecified atom stereocenters. The highest BCUT2D eigenvalue weighted by atomic mass is 32.1. The van der Waals surface area contributed by atoms with Crippen LogP contribution in [0.1, 0.15) is 135 Å². The third-order valence-corrected chi connectivity index (χ3v) is 8.69. The van der Waals surface area contributed by atoms with E-state index in [4.69, 9.17) is 0 Å². The number of hydrogen-bond acceptors (Lipinski definition) is 6. The lowest BCUT2D eigenvalue weighted by Crippen LogP contribution is -2.56. The van der Waals surface area contributed by atoms with Crippen molar-refractivity contribution >= 4 is 16.5 Å². The molecule has 2 atom stereocenters. The molecule has 1 aromatic rings. The van der Waals surface area contributed by atoms with Gasteiger partial charge in [0, 0.05) is 12.0 Å². The normalized spacial score (nSPS) is 21.3. The van der Waals surface area contributed by atoms with Crippen molar-refractivity contribution < 1.29 is 0 Å². The molecule has 0 amide bonds. The molecule has 7 heteroatoms. The number of likely N-dealkylation sites (N-methyl/N-ethyl adjacent to an activating group) is 1. The summed E-state index contributed by atoms with van der Waals surface area (Å²) in [6.45, 7) is 10.8. The van der Waals surface area contributed by atoms with Crippen LogP contribution in [-0.2, 0) is 5.41 Å². The van der Waals surface area contributed by atoms with Gasteiger partial charge in [0.05, 0.1) is 6.54 Å². The minimum Gasteiger partial charge on any atom is -0.623 e. The fraction of sp³-hybridized carbons (Fsp3) is 0.929. The Labute approximate surface area is 220 Å². The largest absolute Gasteiger partial charge is 0.623 e. The van der Waals surface area contributed by atoms with Crippen LogP contribution in [0.2, 0.25) is 0 Å². The van der Waals surface area contributed by atoms with Gasteiger partial charge in [-0.25, -0.2) is 0 Å². The highest BCUT2D eigenvalue weighted by Crippen LogP contribution is 2.36. The Morgan fingerprint density at radius 1 is 0.857 bits per heavy atom. The molecule has 2 rings (SSSR count). The maximum absolute atomic E-state index is 13.7. The van der Waals surface area contributed by atoms with E-state index in [1.54, 1.807) is 0 Å². The molecule has 1 N–H and O–H groups in total. The fourth-order valence-electron chi connectivity index (χ4n) is 4.96. The average Bonchev–Trinajstić information content (AvgIpc) is 3.42. The number of nitrogens with zero attached hydrogens (tertiary/aromatic N) is 4. The summed E-state index contributed by atoms with van der Waals surface area (Å²) in [4.78, 5) is 2.11. The Hall–Kier alpha value is -0.600. The number of hydrogen-bond donors (Lipinski definition) is 1. The predicted octanol–water partition coefficient (Wildman–Crippen LogP) is 7.72. The molecule has 0 aliphatic carbocycles. The van der Waals surface area contributed by atoms with Crippen molar-refractivity contribution in [3.8, 4) is 0 Å². The van der Waals surface area contributed by atoms with E-state index >= 15 is 0 Å². The minimum atomic E-state index is -0.414. The molecule has 204 valence electrons. The number of unbranched alkanes of at least 4 members (excludes halogenated alkanes) is 15. The first-order valence-electron chi connectivity index (χ1n) is 14.6. The molecule has 1 fully saturated rings. The van der Waals surface area contributed by atoms with Gasteiger partial charge in [-0.15, -0.1) is 5.10 Å². The Morgan fingerprint density at radius 3 is 1.80 bits per heavy atom. The van der Waals surface area contributed by atoms with Crippen molar-refractivity contribution in [2.45, 2.75) is 142 Å². The highest BCUT2D eigenvalue weighted by Gasteiger charge is 2.42. The van der Waals surface area contributed by atoms with Crippen molar-refractivity contribution in [3.05, 3.63) is 10.2 Å². The summed E-state index contributed by atoms with van der Waals surface area (Å²) in [5, 5.41) is 27.4. The van der Waals surface area contributed by atoms with Crippen molar-refractivity contribution in [1.29, 1.82) is 0 Å². The summed E-state index contributed by atoms with van der Waals surface area (Å²) < 4.78 is -0.414. The molecular formula is C28H55N5OS. The molecular weight excluding hydrogens is 454 g/mol. The van der Waals surface area contributed by atoms with Crippen LogP contribution < -0.4 is 9.96 Å². The SMILES string of the molecule is CCCCCCCCCCCCCCCCCCNC1CN(C)C[N+]1([O-])c1nnc(C(C)(C)C)s1. The Balaban J connectivity index is 1.49. The first-order valence-corrected chi connectivity index (χ1v) is 15.4. The monoisotopic (exact) mass is 509 g/mol. The topological polar surface area (TPSA) is 64.1 Å². The zero-order chi connectivity index (χ0) is 25.6. The van der Waals surface area contributed by atoms with Crippen LogP contribution >= 0.6 is 11.3 Å². The zero-order valence-electron chi connectivity index (χ0n) is 23.6. The molecule has 0 spiro atoms. The van der Waals surface area contributed by atoms with Gasteiger partial charge in [0.1, 0.15) is 11.7 Å². The van der Waals surface area contributed by atoms with Crippen molar-refractivity contribution in [2.24, 2.45) is 0 Å². The van der Waals surface area contributed by atoms with Gasteiger partial charge in [-0.3, -0.25) is 14.9 Å². The summed E-state index contributed by atoms with van der Waals surface area (Å²) in [6.07, 6.45) is 21.9. The van der Waals surface area contributed by atoms with Crippen LogP contribution in [0.15, 0.2) is 0 Å². The third-order valence-electron chi connectivity index (χ3n) is 7.23. The first kappa shape index (κ1) is 30.6. The Kier molecular flexibility index (Phi) is 14.2. The summed E-state index contributed by atoms with van der Waals surface area (Å²) in [7, 11) is 2.02. The summed E-state index contributed by atoms with van der Waals surface area (Å²) in [5.41, 5.74) is -0.0722. The molecule has 1 saturated heterocycles. The number of rotatable bonds is 19. The van der Waals surface area contributed by atoms with Gasteiger partial charge in [-0.1, -0.05) is 129 Å². The minimum absolute atomic E-state index is 0.0722. The van der Waals surface area contributed by atoms with E-state index in [0.717, 1.165) is 24.5 Å². The number of nitrogens with one attached hydrogen (secondary N) is 1. The predicted molar refractivity (Wildman–Crippen MR) is 153 cm³/mol. The van der Waals surface area contributed by atoms with Crippen LogP contribution in [0.5, 0.6) is 0 Å². The van der Waals surface area contributed by atoms with Crippen molar-refractivity contribution in [3.63, 3.8) is 0 Å². The number of aromatic nitrogens is 2. The molecule has 0 bridgehead atoms. The second-order valence-corrected chi connectivity index (χ2v) is 12.8. The van der Waals surface area contributed by atoms with Gasteiger partial charge in [0.15, 0.2) is 6.17 Å². The molecule has 2 heterocycles. The van der Waals surface area contributed by atoms with Crippen LogP contribution in [0, 0.1) is 5.21 Å². The molecule has 0 radical (unpaired) electrons. The van der Waals surface area contributed by atoms with E-state index in [-0.39, 0.29) is 11.6 Å². The summed E-state index contributed by atoms with van der Waals surface area (Å²) in [5.74, 6) is 0. The quantitative estimate of drug-likeness (QED) is 0.117. The lowest BCUT2D eigenvalue weighted by atomic mass is 9.98. The maximum Gasteiger partial charge on any atom is 0.309 e. The zero-order valence-corrected chi connectivity index (χ0v) is 24.4. The van der Waals surface area contributed by atoms with Gasteiger partial charge >= 0.3 is 5.13 Å². The molecule has 35 heavy (non-hydrogen) atoms. The lowest BCUT2D eigenvalue weighted by Gasteiger charge is -2.39. The fourth-order valence-corrected chi connectivity index (χ4v) is 5.94. The second-order valence-electron chi connectivity index (χ2n) is 11.9. The van der Waals surface area contributed by atoms with E-state index in [0.29, 0.717) is 11.8 Å². The number of quaternary nitrogens is 1. The average molecular weight is 510 g/mol. The van der Waals surface area contributed by atoms with Gasteiger partial charge in [0.25, 0.3) is 0 Å². The van der Waals surface area contributed by atoms with E-state index in [2.05, 4.69) is 48.1 Å². The van der Waals surface area contributed by atoms with Crippen LogP contribution in [-0.4, -0.2) is 48.1 Å². The van der Waals surface area contributed by atoms with E-state index < -0.39 is 4.65 Å².